The number of aromatic nitrogens is 2. The summed E-state index contributed by atoms with van der Waals surface area (Å²) in [5, 5.41) is 15.3. The van der Waals surface area contributed by atoms with Crippen LogP contribution in [0.25, 0.3) is 0 Å². The molecule has 1 heterocycles. The number of carboxylic acids is 1. The Morgan fingerprint density at radius 2 is 2.05 bits per heavy atom. The van der Waals surface area contributed by atoms with Crippen molar-refractivity contribution in [1.29, 1.82) is 0 Å². The number of rotatable bonds is 4. The second-order valence-corrected chi connectivity index (χ2v) is 6.02. The number of H-pyrrole nitrogens is 1. The summed E-state index contributed by atoms with van der Waals surface area (Å²) < 4.78 is 40.4. The van der Waals surface area contributed by atoms with Gasteiger partial charge in [0.1, 0.15) is 10.7 Å². The molecule has 0 aliphatic carbocycles. The van der Waals surface area contributed by atoms with Crippen molar-refractivity contribution in [2.24, 2.45) is 0 Å². The molecule has 0 aliphatic heterocycles. The fourth-order valence-electron chi connectivity index (χ4n) is 1.73. The van der Waals surface area contributed by atoms with Crippen molar-refractivity contribution in [2.45, 2.75) is 18.7 Å². The highest BCUT2D eigenvalue weighted by molar-refractivity contribution is 7.92. The topological polar surface area (TPSA) is 112 Å². The van der Waals surface area contributed by atoms with Crippen molar-refractivity contribution < 1.29 is 22.7 Å². The van der Waals surface area contributed by atoms with Crippen LogP contribution in [0, 0.1) is 19.7 Å². The highest BCUT2D eigenvalue weighted by Gasteiger charge is 2.23. The van der Waals surface area contributed by atoms with Crippen molar-refractivity contribution >= 4 is 21.7 Å². The first kappa shape index (κ1) is 15.0. The number of nitrogens with one attached hydrogen (secondary N) is 2. The van der Waals surface area contributed by atoms with Crippen LogP contribution in [0.4, 0.5) is 10.1 Å². The molecule has 0 spiro atoms. The molecule has 2 aromatic rings. The number of halogens is 1. The van der Waals surface area contributed by atoms with E-state index in [0.29, 0.717) is 11.4 Å². The molecular formula is C12H12FN3O4S. The van der Waals surface area contributed by atoms with E-state index in [2.05, 4.69) is 14.9 Å². The first-order chi connectivity index (χ1) is 9.72. The van der Waals surface area contributed by atoms with Gasteiger partial charge in [0.15, 0.2) is 0 Å². The zero-order chi connectivity index (χ0) is 15.8. The lowest BCUT2D eigenvalue weighted by Crippen LogP contribution is -2.16. The van der Waals surface area contributed by atoms with Gasteiger partial charge in [-0.15, -0.1) is 0 Å². The summed E-state index contributed by atoms with van der Waals surface area (Å²) in [4.78, 5) is 10.1. The molecule has 7 nitrogen and oxygen atoms in total. The molecule has 0 aliphatic rings. The third-order valence-electron chi connectivity index (χ3n) is 2.83. The number of nitrogens with zero attached hydrogens (tertiary/aromatic N) is 1. The van der Waals surface area contributed by atoms with Gasteiger partial charge in [0, 0.05) is 0 Å². The Kier molecular flexibility index (Phi) is 3.69. The Bertz CT molecular complexity index is 794. The number of aryl methyl sites for hydroxylation is 2. The van der Waals surface area contributed by atoms with Gasteiger partial charge in [0.05, 0.1) is 22.6 Å². The van der Waals surface area contributed by atoms with E-state index < -0.39 is 26.7 Å². The predicted molar refractivity (Wildman–Crippen MR) is 72.2 cm³/mol. The average molecular weight is 313 g/mol. The minimum absolute atomic E-state index is 0.204. The molecule has 0 atom stereocenters. The van der Waals surface area contributed by atoms with Crippen molar-refractivity contribution in [2.75, 3.05) is 4.72 Å². The average Bonchev–Trinajstić information content (AvgIpc) is 2.70. The van der Waals surface area contributed by atoms with Gasteiger partial charge in [0.2, 0.25) is 0 Å². The maximum Gasteiger partial charge on any atom is 0.335 e. The molecule has 0 fully saturated rings. The molecule has 21 heavy (non-hydrogen) atoms. The Morgan fingerprint density at radius 3 is 2.57 bits per heavy atom. The third-order valence-corrected chi connectivity index (χ3v) is 4.20. The molecule has 1 aromatic heterocycles. The molecule has 3 N–H and O–H groups in total. The highest BCUT2D eigenvalue weighted by Crippen LogP contribution is 2.23. The standard InChI is InChI=1S/C12H12FN3O4S/c1-6-11(7(2)15-14-6)16-21(19,20)10-5-8(12(17)18)3-4-9(10)13/h3-5,16H,1-2H3,(H,14,15)(H,17,18). The number of hydrogen-bond acceptors (Lipinski definition) is 4. The van der Waals surface area contributed by atoms with Crippen molar-refractivity contribution in [3.05, 3.63) is 41.0 Å². The maximum absolute atomic E-state index is 13.7. The summed E-state index contributed by atoms with van der Waals surface area (Å²) in [5.74, 6) is -2.38. The molecule has 2 rings (SSSR count). The summed E-state index contributed by atoms with van der Waals surface area (Å²) in [6.45, 7) is 3.17. The Labute approximate surface area is 119 Å². The lowest BCUT2D eigenvalue weighted by atomic mass is 10.2. The lowest BCUT2D eigenvalue weighted by Gasteiger charge is -2.09. The summed E-state index contributed by atoms with van der Waals surface area (Å²) in [5.41, 5.74) is 0.740. The molecule has 0 saturated carbocycles. The second-order valence-electron chi connectivity index (χ2n) is 4.36. The van der Waals surface area contributed by atoms with Crippen LogP contribution in [0.1, 0.15) is 21.7 Å². The second kappa shape index (κ2) is 5.17. The Morgan fingerprint density at radius 1 is 1.38 bits per heavy atom. The van der Waals surface area contributed by atoms with Crippen LogP contribution >= 0.6 is 0 Å². The molecule has 0 radical (unpaired) electrons. The Balaban J connectivity index is 2.49. The summed E-state index contributed by atoms with van der Waals surface area (Å²) >= 11 is 0. The van der Waals surface area contributed by atoms with E-state index in [1.54, 1.807) is 13.8 Å². The van der Waals surface area contributed by atoms with Gasteiger partial charge < -0.3 is 5.11 Å². The quantitative estimate of drug-likeness (QED) is 0.794. The lowest BCUT2D eigenvalue weighted by molar-refractivity contribution is 0.0696. The van der Waals surface area contributed by atoms with Crippen molar-refractivity contribution in [3.63, 3.8) is 0 Å². The van der Waals surface area contributed by atoms with Gasteiger partial charge >= 0.3 is 5.97 Å². The zero-order valence-electron chi connectivity index (χ0n) is 11.1. The van der Waals surface area contributed by atoms with Crippen molar-refractivity contribution in [1.82, 2.24) is 10.2 Å². The van der Waals surface area contributed by atoms with E-state index in [1.807, 2.05) is 0 Å². The molecule has 0 unspecified atom stereocenters. The van der Waals surface area contributed by atoms with Crippen LogP contribution in [0.2, 0.25) is 0 Å². The largest absolute Gasteiger partial charge is 0.478 e. The van der Waals surface area contributed by atoms with E-state index in [9.17, 15) is 17.6 Å². The monoisotopic (exact) mass is 313 g/mol. The summed E-state index contributed by atoms with van der Waals surface area (Å²) in [6, 6.07) is 2.56. The molecular weight excluding hydrogens is 301 g/mol. The fraction of sp³-hybridized carbons (Fsp3) is 0.167. The van der Waals surface area contributed by atoms with E-state index in [-0.39, 0.29) is 11.3 Å². The molecule has 112 valence electrons. The number of aromatic amines is 1. The van der Waals surface area contributed by atoms with E-state index in [1.165, 1.54) is 0 Å². The zero-order valence-corrected chi connectivity index (χ0v) is 12.0. The summed E-state index contributed by atoms with van der Waals surface area (Å²) in [6.07, 6.45) is 0. The van der Waals surface area contributed by atoms with Crippen LogP contribution in [-0.2, 0) is 10.0 Å². The van der Waals surface area contributed by atoms with Gasteiger partial charge in [-0.1, -0.05) is 0 Å². The smallest absolute Gasteiger partial charge is 0.335 e. The Hall–Kier alpha value is -2.42. The maximum atomic E-state index is 13.7. The minimum Gasteiger partial charge on any atom is -0.478 e. The van der Waals surface area contributed by atoms with Gasteiger partial charge in [-0.3, -0.25) is 9.82 Å². The number of hydrogen-bond donors (Lipinski definition) is 3. The van der Waals surface area contributed by atoms with E-state index in [0.717, 1.165) is 18.2 Å². The van der Waals surface area contributed by atoms with E-state index >= 15 is 0 Å². The van der Waals surface area contributed by atoms with Gasteiger partial charge in [-0.05, 0) is 32.0 Å². The fourth-order valence-corrected chi connectivity index (χ4v) is 3.02. The first-order valence-corrected chi connectivity index (χ1v) is 7.28. The third kappa shape index (κ3) is 2.87. The van der Waals surface area contributed by atoms with Crippen LogP contribution in [0.5, 0.6) is 0 Å². The predicted octanol–water partition coefficient (Wildman–Crippen LogP) is 1.66. The number of carboxylic acid groups (broad SMARTS) is 1. The van der Waals surface area contributed by atoms with Crippen molar-refractivity contribution in [3.8, 4) is 0 Å². The van der Waals surface area contributed by atoms with Gasteiger partial charge in [-0.25, -0.2) is 17.6 Å². The van der Waals surface area contributed by atoms with Crippen LogP contribution in [0.3, 0.4) is 0 Å². The molecule has 0 bridgehead atoms. The number of aromatic carboxylic acids is 1. The van der Waals surface area contributed by atoms with E-state index in [4.69, 9.17) is 5.11 Å². The minimum atomic E-state index is -4.26. The first-order valence-electron chi connectivity index (χ1n) is 5.79. The number of anilines is 1. The van der Waals surface area contributed by atoms with Gasteiger partial charge in [0.25, 0.3) is 10.0 Å². The van der Waals surface area contributed by atoms with Crippen LogP contribution < -0.4 is 4.72 Å². The molecule has 0 saturated heterocycles. The normalized spacial score (nSPS) is 11.4. The van der Waals surface area contributed by atoms with Gasteiger partial charge in [-0.2, -0.15) is 5.10 Å². The number of carbonyl (C=O) groups is 1. The molecule has 0 amide bonds. The highest BCUT2D eigenvalue weighted by atomic mass is 32.2. The van der Waals surface area contributed by atoms with Crippen LogP contribution in [0.15, 0.2) is 23.1 Å². The summed E-state index contributed by atoms with van der Waals surface area (Å²) in [7, 11) is -4.26. The molecule has 9 heteroatoms. The number of sulfonamides is 1. The van der Waals surface area contributed by atoms with Crippen LogP contribution in [-0.4, -0.2) is 29.7 Å². The molecule has 1 aromatic carbocycles. The number of benzene rings is 1. The SMILES string of the molecule is Cc1n[nH]c(C)c1NS(=O)(=O)c1cc(C(=O)O)ccc1F.